The number of rotatable bonds is 7. The van der Waals surface area contributed by atoms with Crippen molar-refractivity contribution >= 4 is 35.2 Å². The number of ether oxygens (including phenoxy) is 1. The van der Waals surface area contributed by atoms with Gasteiger partial charge in [0.1, 0.15) is 0 Å². The Labute approximate surface area is 132 Å². The number of benzene rings is 1. The van der Waals surface area contributed by atoms with Crippen LogP contribution in [0, 0.1) is 10.1 Å². The molecule has 0 saturated heterocycles. The van der Waals surface area contributed by atoms with Crippen molar-refractivity contribution in [3.8, 4) is 0 Å². The molecule has 1 amide bonds. The molecular formula is C14H15ClN2O5. The van der Waals surface area contributed by atoms with E-state index in [0.717, 1.165) is 0 Å². The summed E-state index contributed by atoms with van der Waals surface area (Å²) in [6.45, 7) is 1.86. The fourth-order valence-corrected chi connectivity index (χ4v) is 1.71. The summed E-state index contributed by atoms with van der Waals surface area (Å²) in [5, 5.41) is 13.7. The molecule has 0 aliphatic rings. The Bertz CT molecular complexity index is 601. The number of hydrogen-bond donors (Lipinski definition) is 1. The van der Waals surface area contributed by atoms with Gasteiger partial charge in [-0.25, -0.2) is 0 Å². The Hall–Kier alpha value is -2.41. The molecule has 8 heteroatoms. The van der Waals surface area contributed by atoms with Crippen LogP contribution in [0.1, 0.15) is 18.9 Å². The Balaban J connectivity index is 2.52. The molecule has 118 valence electrons. The fraction of sp³-hybridized carbons (Fsp3) is 0.286. The zero-order chi connectivity index (χ0) is 16.5. The van der Waals surface area contributed by atoms with Crippen molar-refractivity contribution in [1.82, 2.24) is 5.32 Å². The van der Waals surface area contributed by atoms with Gasteiger partial charge in [0, 0.05) is 30.6 Å². The second kappa shape index (κ2) is 8.78. The van der Waals surface area contributed by atoms with Crippen LogP contribution in [0.15, 0.2) is 24.3 Å². The molecule has 0 saturated carbocycles. The van der Waals surface area contributed by atoms with Crippen LogP contribution in [0.25, 0.3) is 6.08 Å². The van der Waals surface area contributed by atoms with Gasteiger partial charge < -0.3 is 10.1 Å². The molecule has 0 spiro atoms. The minimum atomic E-state index is -0.567. The van der Waals surface area contributed by atoms with Crippen LogP contribution < -0.4 is 5.32 Å². The molecule has 1 rings (SSSR count). The van der Waals surface area contributed by atoms with Crippen LogP contribution in [-0.4, -0.2) is 30.0 Å². The first-order valence-electron chi connectivity index (χ1n) is 6.43. The molecule has 0 bridgehead atoms. The van der Waals surface area contributed by atoms with Gasteiger partial charge in [0.15, 0.2) is 0 Å². The highest BCUT2D eigenvalue weighted by Gasteiger charge is 2.12. The van der Waals surface area contributed by atoms with Crippen LogP contribution in [0.3, 0.4) is 0 Å². The van der Waals surface area contributed by atoms with Crippen molar-refractivity contribution in [2.45, 2.75) is 13.3 Å². The van der Waals surface area contributed by atoms with Crippen molar-refractivity contribution in [1.29, 1.82) is 0 Å². The van der Waals surface area contributed by atoms with E-state index in [1.54, 1.807) is 0 Å². The molecule has 7 nitrogen and oxygen atoms in total. The molecule has 1 aromatic carbocycles. The van der Waals surface area contributed by atoms with Crippen LogP contribution in [0.5, 0.6) is 0 Å². The average molecular weight is 327 g/mol. The van der Waals surface area contributed by atoms with Gasteiger partial charge >= 0.3 is 5.97 Å². The quantitative estimate of drug-likeness (QED) is 0.272. The standard InChI is InChI=1S/C14H15ClN2O5/c1-10(18)22-8-2-7-16-14(19)6-4-11-3-5-12(15)9-13(11)17(20)21/h3-6,9H,2,7-8H2,1H3,(H,16,19). The molecular weight excluding hydrogens is 312 g/mol. The Morgan fingerprint density at radius 3 is 2.82 bits per heavy atom. The van der Waals surface area contributed by atoms with Crippen LogP contribution in [-0.2, 0) is 14.3 Å². The predicted octanol–water partition coefficient (Wildman–Crippen LogP) is 2.33. The molecule has 0 aliphatic heterocycles. The van der Waals surface area contributed by atoms with Gasteiger partial charge in [0.05, 0.1) is 17.1 Å². The fourth-order valence-electron chi connectivity index (χ4n) is 1.54. The first kappa shape index (κ1) is 17.6. The number of nitrogens with zero attached hydrogens (tertiary/aromatic N) is 1. The second-order valence-electron chi connectivity index (χ2n) is 4.28. The number of nitro groups is 1. The number of amides is 1. The normalized spacial score (nSPS) is 10.5. The van der Waals surface area contributed by atoms with Gasteiger partial charge in [0.25, 0.3) is 5.69 Å². The minimum Gasteiger partial charge on any atom is -0.466 e. The van der Waals surface area contributed by atoms with E-state index in [4.69, 9.17) is 16.3 Å². The van der Waals surface area contributed by atoms with Crippen LogP contribution in [0.2, 0.25) is 5.02 Å². The van der Waals surface area contributed by atoms with E-state index in [2.05, 4.69) is 5.32 Å². The van der Waals surface area contributed by atoms with Crippen molar-refractivity contribution in [2.75, 3.05) is 13.2 Å². The summed E-state index contributed by atoms with van der Waals surface area (Å²) in [6, 6.07) is 4.19. The summed E-state index contributed by atoms with van der Waals surface area (Å²) < 4.78 is 4.71. The SMILES string of the molecule is CC(=O)OCCCNC(=O)C=Cc1ccc(Cl)cc1[N+](=O)[O-]. The molecule has 0 aliphatic carbocycles. The molecule has 1 aromatic rings. The molecule has 1 N–H and O–H groups in total. The molecule has 0 radical (unpaired) electrons. The smallest absolute Gasteiger partial charge is 0.302 e. The molecule has 0 unspecified atom stereocenters. The van der Waals surface area contributed by atoms with Crippen molar-refractivity contribution < 1.29 is 19.2 Å². The Morgan fingerprint density at radius 2 is 2.18 bits per heavy atom. The minimum absolute atomic E-state index is 0.175. The summed E-state index contributed by atoms with van der Waals surface area (Å²) in [6.07, 6.45) is 3.03. The lowest BCUT2D eigenvalue weighted by Crippen LogP contribution is -2.23. The molecule has 0 heterocycles. The average Bonchev–Trinajstić information content (AvgIpc) is 2.45. The van der Waals surface area contributed by atoms with Crippen LogP contribution in [0.4, 0.5) is 5.69 Å². The van der Waals surface area contributed by atoms with E-state index in [-0.39, 0.29) is 28.8 Å². The number of carbonyl (C=O) groups excluding carboxylic acids is 2. The third kappa shape index (κ3) is 6.36. The summed E-state index contributed by atoms with van der Waals surface area (Å²) >= 11 is 5.70. The number of nitro benzene ring substituents is 1. The third-order valence-electron chi connectivity index (χ3n) is 2.53. The molecule has 22 heavy (non-hydrogen) atoms. The maximum atomic E-state index is 11.6. The Morgan fingerprint density at radius 1 is 1.45 bits per heavy atom. The monoisotopic (exact) mass is 326 g/mol. The van der Waals surface area contributed by atoms with E-state index in [0.29, 0.717) is 13.0 Å². The highest BCUT2D eigenvalue weighted by atomic mass is 35.5. The first-order valence-corrected chi connectivity index (χ1v) is 6.81. The molecule has 0 atom stereocenters. The highest BCUT2D eigenvalue weighted by molar-refractivity contribution is 6.30. The number of carbonyl (C=O) groups is 2. The van der Waals surface area contributed by atoms with E-state index < -0.39 is 10.8 Å². The maximum absolute atomic E-state index is 11.6. The lowest BCUT2D eigenvalue weighted by atomic mass is 10.1. The maximum Gasteiger partial charge on any atom is 0.302 e. The largest absolute Gasteiger partial charge is 0.466 e. The Kier molecular flexibility index (Phi) is 7.04. The van der Waals surface area contributed by atoms with Gasteiger partial charge in [-0.05, 0) is 24.6 Å². The van der Waals surface area contributed by atoms with Crippen LogP contribution >= 0.6 is 11.6 Å². The summed E-state index contributed by atoms with van der Waals surface area (Å²) in [5.41, 5.74) is 0.107. The van der Waals surface area contributed by atoms with Crippen molar-refractivity contribution in [3.05, 3.63) is 45.0 Å². The number of nitrogens with one attached hydrogen (secondary N) is 1. The van der Waals surface area contributed by atoms with Crippen molar-refractivity contribution in [3.63, 3.8) is 0 Å². The first-order chi connectivity index (χ1) is 10.4. The summed E-state index contributed by atoms with van der Waals surface area (Å²) in [5.74, 6) is -0.770. The van der Waals surface area contributed by atoms with Gasteiger partial charge in [-0.2, -0.15) is 0 Å². The summed E-state index contributed by atoms with van der Waals surface area (Å²) in [4.78, 5) is 32.4. The zero-order valence-corrected chi connectivity index (χ0v) is 12.6. The topological polar surface area (TPSA) is 98.5 Å². The van der Waals surface area contributed by atoms with Gasteiger partial charge in [-0.3, -0.25) is 19.7 Å². The number of hydrogen-bond acceptors (Lipinski definition) is 5. The van der Waals surface area contributed by atoms with Crippen molar-refractivity contribution in [2.24, 2.45) is 0 Å². The van der Waals surface area contributed by atoms with E-state index in [9.17, 15) is 19.7 Å². The van der Waals surface area contributed by atoms with Gasteiger partial charge in [-0.15, -0.1) is 0 Å². The lowest BCUT2D eigenvalue weighted by molar-refractivity contribution is -0.385. The number of halogens is 1. The van der Waals surface area contributed by atoms with E-state index in [1.807, 2.05) is 0 Å². The van der Waals surface area contributed by atoms with Gasteiger partial charge in [0.2, 0.25) is 5.91 Å². The second-order valence-corrected chi connectivity index (χ2v) is 4.71. The van der Waals surface area contributed by atoms with E-state index in [1.165, 1.54) is 37.3 Å². The zero-order valence-electron chi connectivity index (χ0n) is 11.9. The highest BCUT2D eigenvalue weighted by Crippen LogP contribution is 2.24. The van der Waals surface area contributed by atoms with Gasteiger partial charge in [-0.1, -0.05) is 11.6 Å². The third-order valence-corrected chi connectivity index (χ3v) is 2.76. The van der Waals surface area contributed by atoms with E-state index >= 15 is 0 Å². The number of esters is 1. The molecule has 0 aromatic heterocycles. The summed E-state index contributed by atoms with van der Waals surface area (Å²) in [7, 11) is 0. The molecule has 0 fully saturated rings. The predicted molar refractivity (Wildman–Crippen MR) is 81.4 cm³/mol. The lowest BCUT2D eigenvalue weighted by Gasteiger charge is -2.03.